The predicted molar refractivity (Wildman–Crippen MR) is 75.9 cm³/mol. The number of pyridine rings is 1. The Bertz CT molecular complexity index is 831. The van der Waals surface area contributed by atoms with Crippen LogP contribution in [0.4, 0.5) is 0 Å². The molecule has 0 aliphatic carbocycles. The SMILES string of the molecule is O=C([O-])c1ccc2nc(-c3ccc(Cl)cc3)c(CO)n2c1.[Na+]. The minimum absolute atomic E-state index is 0. The van der Waals surface area contributed by atoms with Crippen LogP contribution >= 0.6 is 11.6 Å². The summed E-state index contributed by atoms with van der Waals surface area (Å²) in [6, 6.07) is 10.0. The number of carbonyl (C=O) groups excluding carboxylic acids is 1. The van der Waals surface area contributed by atoms with Gasteiger partial charge in [-0.2, -0.15) is 0 Å². The van der Waals surface area contributed by atoms with Gasteiger partial charge >= 0.3 is 29.6 Å². The van der Waals surface area contributed by atoms with E-state index in [1.165, 1.54) is 12.3 Å². The van der Waals surface area contributed by atoms with Gasteiger partial charge in [0.05, 0.1) is 24.0 Å². The molecular formula is C15H10ClN2NaO3. The standard InChI is InChI=1S/C15H11ClN2O3.Na/c16-11-4-1-9(2-5-11)14-12(8-19)18-7-10(15(20)21)3-6-13(18)17-14;/h1-7,19H,8H2,(H,20,21);/q;+1/p-1. The zero-order chi connectivity index (χ0) is 15.0. The molecule has 2 aromatic heterocycles. The molecule has 0 amide bonds. The molecular weight excluding hydrogens is 315 g/mol. The third-order valence-corrected chi connectivity index (χ3v) is 3.47. The summed E-state index contributed by atoms with van der Waals surface area (Å²) in [5, 5.41) is 21.1. The number of rotatable bonds is 3. The summed E-state index contributed by atoms with van der Waals surface area (Å²) in [4.78, 5) is 15.4. The number of nitrogens with zero attached hydrogens (tertiary/aromatic N) is 2. The first kappa shape index (κ1) is 17.0. The van der Waals surface area contributed by atoms with Crippen molar-refractivity contribution >= 4 is 23.2 Å². The van der Waals surface area contributed by atoms with E-state index in [4.69, 9.17) is 11.6 Å². The Morgan fingerprint density at radius 1 is 1.23 bits per heavy atom. The van der Waals surface area contributed by atoms with Crippen molar-refractivity contribution in [3.8, 4) is 11.3 Å². The number of carbonyl (C=O) groups is 1. The van der Waals surface area contributed by atoms with E-state index in [-0.39, 0.29) is 41.7 Å². The number of fused-ring (bicyclic) bond motifs is 1. The summed E-state index contributed by atoms with van der Waals surface area (Å²) in [6.07, 6.45) is 1.39. The van der Waals surface area contributed by atoms with Gasteiger partial charge in [-0.05, 0) is 24.3 Å². The summed E-state index contributed by atoms with van der Waals surface area (Å²) in [7, 11) is 0. The fourth-order valence-electron chi connectivity index (χ4n) is 2.20. The molecule has 0 unspecified atom stereocenters. The Balaban J connectivity index is 0.00000176. The Kier molecular flexibility index (Phi) is 5.26. The van der Waals surface area contributed by atoms with E-state index in [0.29, 0.717) is 22.1 Å². The van der Waals surface area contributed by atoms with Gasteiger partial charge in [-0.15, -0.1) is 0 Å². The van der Waals surface area contributed by atoms with Crippen molar-refractivity contribution < 1.29 is 44.6 Å². The van der Waals surface area contributed by atoms with E-state index in [0.717, 1.165) is 5.56 Å². The summed E-state index contributed by atoms with van der Waals surface area (Å²) in [6.45, 7) is -0.268. The van der Waals surface area contributed by atoms with Crippen LogP contribution in [0.1, 0.15) is 16.1 Å². The van der Waals surface area contributed by atoms with Crippen LogP contribution in [0.5, 0.6) is 0 Å². The Morgan fingerprint density at radius 2 is 1.91 bits per heavy atom. The van der Waals surface area contributed by atoms with Crippen molar-refractivity contribution in [2.24, 2.45) is 0 Å². The summed E-state index contributed by atoms with van der Waals surface area (Å²) >= 11 is 5.86. The predicted octanol–water partition coefficient (Wildman–Crippen LogP) is -1.49. The number of benzene rings is 1. The molecule has 2 heterocycles. The first-order chi connectivity index (χ1) is 10.1. The van der Waals surface area contributed by atoms with Gasteiger partial charge < -0.3 is 19.4 Å². The number of carboxylic acids is 1. The van der Waals surface area contributed by atoms with Crippen molar-refractivity contribution in [3.63, 3.8) is 0 Å². The Labute approximate surface area is 153 Å². The van der Waals surface area contributed by atoms with Gasteiger partial charge in [-0.3, -0.25) is 0 Å². The smallest absolute Gasteiger partial charge is 0.545 e. The van der Waals surface area contributed by atoms with Crippen LogP contribution in [0, 0.1) is 0 Å². The zero-order valence-electron chi connectivity index (χ0n) is 11.8. The van der Waals surface area contributed by atoms with Crippen molar-refractivity contribution in [1.82, 2.24) is 9.38 Å². The number of hydrogen-bond donors (Lipinski definition) is 1. The zero-order valence-corrected chi connectivity index (χ0v) is 14.5. The third kappa shape index (κ3) is 3.04. The molecule has 3 rings (SSSR count). The third-order valence-electron chi connectivity index (χ3n) is 3.22. The molecule has 0 bridgehead atoms. The molecule has 0 aliphatic rings. The number of halogens is 1. The number of aromatic nitrogens is 2. The summed E-state index contributed by atoms with van der Waals surface area (Å²) < 4.78 is 1.55. The van der Waals surface area contributed by atoms with Gasteiger partial charge in [0.15, 0.2) is 0 Å². The van der Waals surface area contributed by atoms with Gasteiger partial charge in [0.1, 0.15) is 5.65 Å². The molecule has 0 aliphatic heterocycles. The Hall–Kier alpha value is -1.37. The first-order valence-electron chi connectivity index (χ1n) is 6.19. The Morgan fingerprint density at radius 3 is 2.50 bits per heavy atom. The average Bonchev–Trinajstić information content (AvgIpc) is 2.85. The van der Waals surface area contributed by atoms with Crippen molar-refractivity contribution in [2.45, 2.75) is 6.61 Å². The fourth-order valence-corrected chi connectivity index (χ4v) is 2.33. The first-order valence-corrected chi connectivity index (χ1v) is 6.57. The number of aliphatic hydroxyl groups excluding tert-OH is 1. The number of hydrogen-bond acceptors (Lipinski definition) is 4. The molecule has 0 spiro atoms. The van der Waals surface area contributed by atoms with Gasteiger partial charge in [0, 0.05) is 22.3 Å². The second-order valence-electron chi connectivity index (χ2n) is 4.51. The van der Waals surface area contributed by atoms with Crippen LogP contribution in [0.25, 0.3) is 16.9 Å². The quantitative estimate of drug-likeness (QED) is 0.596. The largest absolute Gasteiger partial charge is 1.00 e. The van der Waals surface area contributed by atoms with Crippen molar-refractivity contribution in [1.29, 1.82) is 0 Å². The number of carboxylic acid groups (broad SMARTS) is 1. The maximum absolute atomic E-state index is 10.9. The van der Waals surface area contributed by atoms with Crippen LogP contribution in [0.15, 0.2) is 42.6 Å². The van der Waals surface area contributed by atoms with Crippen LogP contribution in [0.3, 0.4) is 0 Å². The summed E-state index contributed by atoms with van der Waals surface area (Å²) in [5.41, 5.74) is 2.47. The second kappa shape index (κ2) is 6.81. The second-order valence-corrected chi connectivity index (χ2v) is 4.94. The van der Waals surface area contributed by atoms with Gasteiger partial charge in [0.25, 0.3) is 0 Å². The molecule has 0 saturated heterocycles. The number of imidazole rings is 1. The van der Waals surface area contributed by atoms with Crippen LogP contribution in [-0.4, -0.2) is 20.5 Å². The van der Waals surface area contributed by atoms with E-state index >= 15 is 0 Å². The molecule has 22 heavy (non-hydrogen) atoms. The molecule has 3 aromatic rings. The van der Waals surface area contributed by atoms with Gasteiger partial charge in [-0.1, -0.05) is 23.7 Å². The average molecular weight is 325 g/mol. The molecule has 5 nitrogen and oxygen atoms in total. The summed E-state index contributed by atoms with van der Waals surface area (Å²) in [5.74, 6) is -1.28. The van der Waals surface area contributed by atoms with Crippen LogP contribution < -0.4 is 34.7 Å². The minimum atomic E-state index is -1.28. The molecule has 7 heteroatoms. The van der Waals surface area contributed by atoms with Crippen LogP contribution in [-0.2, 0) is 6.61 Å². The molecule has 0 saturated carbocycles. The van der Waals surface area contributed by atoms with Gasteiger partial charge in [0.2, 0.25) is 0 Å². The van der Waals surface area contributed by atoms with E-state index in [1.54, 1.807) is 34.7 Å². The topological polar surface area (TPSA) is 77.7 Å². The van der Waals surface area contributed by atoms with E-state index < -0.39 is 5.97 Å². The van der Waals surface area contributed by atoms with E-state index in [9.17, 15) is 15.0 Å². The minimum Gasteiger partial charge on any atom is -0.545 e. The maximum Gasteiger partial charge on any atom is 1.00 e. The van der Waals surface area contributed by atoms with Gasteiger partial charge in [-0.25, -0.2) is 4.98 Å². The molecule has 1 N–H and O–H groups in total. The fraction of sp³-hybridized carbons (Fsp3) is 0.0667. The van der Waals surface area contributed by atoms with Crippen LogP contribution in [0.2, 0.25) is 5.02 Å². The molecule has 0 radical (unpaired) electrons. The van der Waals surface area contributed by atoms with E-state index in [1.807, 2.05) is 0 Å². The van der Waals surface area contributed by atoms with E-state index in [2.05, 4.69) is 4.98 Å². The molecule has 106 valence electrons. The molecule has 0 atom stereocenters. The number of aliphatic hydroxyl groups is 1. The number of aromatic carboxylic acids is 1. The molecule has 0 fully saturated rings. The normalized spacial score (nSPS) is 10.5. The van der Waals surface area contributed by atoms with Crippen molar-refractivity contribution in [2.75, 3.05) is 0 Å². The monoisotopic (exact) mass is 324 g/mol. The maximum atomic E-state index is 10.9. The van der Waals surface area contributed by atoms with Crippen molar-refractivity contribution in [3.05, 3.63) is 58.9 Å². The molecule has 1 aromatic carbocycles.